The Balaban J connectivity index is 1.73. The lowest BCUT2D eigenvalue weighted by Crippen LogP contribution is -2.34. The number of likely N-dealkylation sites (N-methyl/N-ethyl adjacent to an activating group) is 1. The number of nitrogens with one attached hydrogen (secondary N) is 1. The summed E-state index contributed by atoms with van der Waals surface area (Å²) >= 11 is 8.17. The number of carbonyl (C=O) groups is 1. The van der Waals surface area contributed by atoms with Crippen molar-refractivity contribution >= 4 is 28.8 Å². The average Bonchev–Trinajstić information content (AvgIpc) is 3.25. The van der Waals surface area contributed by atoms with Gasteiger partial charge in [0.15, 0.2) is 0 Å². The molecule has 1 N–H and O–H groups in total. The molecule has 0 aliphatic rings. The monoisotopic (exact) mass is 402 g/mol. The molecule has 142 valence electrons. The van der Waals surface area contributed by atoms with Crippen molar-refractivity contribution in [1.29, 1.82) is 0 Å². The molecule has 3 rings (SSSR count). The third-order valence-electron chi connectivity index (χ3n) is 4.42. The molecule has 0 saturated heterocycles. The van der Waals surface area contributed by atoms with E-state index >= 15 is 0 Å². The molecule has 2 heterocycles. The fraction of sp³-hybridized carbons (Fsp3) is 0.300. The smallest absolute Gasteiger partial charge is 0.256 e. The van der Waals surface area contributed by atoms with Crippen LogP contribution >= 0.6 is 22.9 Å². The van der Waals surface area contributed by atoms with Gasteiger partial charge in [0, 0.05) is 11.4 Å². The molecule has 7 heteroatoms. The topological polar surface area (TPSA) is 50.2 Å². The van der Waals surface area contributed by atoms with Gasteiger partial charge in [0.25, 0.3) is 5.91 Å². The summed E-state index contributed by atoms with van der Waals surface area (Å²) in [5.74, 6) is -0.194. The van der Waals surface area contributed by atoms with Crippen molar-refractivity contribution in [3.05, 3.63) is 74.7 Å². The van der Waals surface area contributed by atoms with Crippen LogP contribution in [0.4, 0.5) is 0 Å². The van der Waals surface area contributed by atoms with Crippen molar-refractivity contribution in [3.8, 4) is 0 Å². The molecule has 5 nitrogen and oxygen atoms in total. The minimum atomic E-state index is -0.194. The first-order valence-electron chi connectivity index (χ1n) is 8.72. The predicted molar refractivity (Wildman–Crippen MR) is 111 cm³/mol. The van der Waals surface area contributed by atoms with Crippen molar-refractivity contribution < 1.29 is 4.79 Å². The van der Waals surface area contributed by atoms with Gasteiger partial charge in [0.05, 0.1) is 23.8 Å². The van der Waals surface area contributed by atoms with Gasteiger partial charge in [-0.3, -0.25) is 4.79 Å². The van der Waals surface area contributed by atoms with E-state index in [0.717, 1.165) is 5.56 Å². The summed E-state index contributed by atoms with van der Waals surface area (Å²) in [6.07, 6.45) is 0. The third kappa shape index (κ3) is 4.58. The zero-order valence-electron chi connectivity index (χ0n) is 15.6. The van der Waals surface area contributed by atoms with E-state index in [2.05, 4.69) is 21.4 Å². The van der Waals surface area contributed by atoms with Crippen molar-refractivity contribution in [2.45, 2.75) is 19.5 Å². The molecule has 27 heavy (non-hydrogen) atoms. The van der Waals surface area contributed by atoms with Crippen LogP contribution in [0.1, 0.15) is 32.5 Å². The number of halogens is 1. The summed E-state index contributed by atoms with van der Waals surface area (Å²) < 4.78 is 1.67. The second kappa shape index (κ2) is 8.69. The van der Waals surface area contributed by atoms with Crippen molar-refractivity contribution in [3.63, 3.8) is 0 Å². The van der Waals surface area contributed by atoms with Gasteiger partial charge >= 0.3 is 0 Å². The number of thiophene rings is 1. The number of hydrogen-bond acceptors (Lipinski definition) is 4. The molecule has 0 fully saturated rings. The Hall–Kier alpha value is -2.15. The van der Waals surface area contributed by atoms with E-state index in [9.17, 15) is 4.79 Å². The first kappa shape index (κ1) is 19.6. The molecule has 1 atom stereocenters. The van der Waals surface area contributed by atoms with Crippen LogP contribution in [0.25, 0.3) is 0 Å². The number of hydrogen-bond donors (Lipinski definition) is 1. The molecule has 3 aromatic rings. The SMILES string of the molecule is Cc1nn(Cc2ccccc2)c(Cl)c1C(=O)NCC(c1cccs1)N(C)C. The average molecular weight is 403 g/mol. The number of nitrogens with zero attached hydrogens (tertiary/aromatic N) is 3. The van der Waals surface area contributed by atoms with Crippen LogP contribution in [-0.4, -0.2) is 41.2 Å². The fourth-order valence-electron chi connectivity index (χ4n) is 2.97. The van der Waals surface area contributed by atoms with Gasteiger partial charge in [-0.05, 0) is 38.0 Å². The Morgan fingerprint density at radius 1 is 1.26 bits per heavy atom. The van der Waals surface area contributed by atoms with E-state index in [1.165, 1.54) is 4.88 Å². The van der Waals surface area contributed by atoms with E-state index in [0.29, 0.717) is 29.5 Å². The lowest BCUT2D eigenvalue weighted by atomic mass is 10.2. The Morgan fingerprint density at radius 2 is 2.00 bits per heavy atom. The van der Waals surface area contributed by atoms with Crippen LogP contribution in [0.2, 0.25) is 5.15 Å². The highest BCUT2D eigenvalue weighted by molar-refractivity contribution is 7.10. The summed E-state index contributed by atoms with van der Waals surface area (Å²) in [5.41, 5.74) is 2.15. The summed E-state index contributed by atoms with van der Waals surface area (Å²) in [7, 11) is 4.01. The van der Waals surface area contributed by atoms with E-state index < -0.39 is 0 Å². The van der Waals surface area contributed by atoms with Crippen LogP contribution in [0.15, 0.2) is 47.8 Å². The Kier molecular flexibility index (Phi) is 6.31. The summed E-state index contributed by atoms with van der Waals surface area (Å²) in [5, 5.41) is 9.88. The Labute approximate surface area is 168 Å². The van der Waals surface area contributed by atoms with Crippen molar-refractivity contribution in [2.75, 3.05) is 20.6 Å². The molecule has 0 saturated carbocycles. The molecule has 0 aliphatic carbocycles. The number of carbonyl (C=O) groups excluding carboxylic acids is 1. The van der Waals surface area contributed by atoms with E-state index in [1.807, 2.05) is 62.8 Å². The molecule has 0 radical (unpaired) electrons. The van der Waals surface area contributed by atoms with E-state index in [4.69, 9.17) is 11.6 Å². The predicted octanol–water partition coefficient (Wildman–Crippen LogP) is 3.99. The molecule has 0 aliphatic heterocycles. The van der Waals surface area contributed by atoms with Crippen LogP contribution in [0, 0.1) is 6.92 Å². The summed E-state index contributed by atoms with van der Waals surface area (Å²) in [4.78, 5) is 16.1. The Morgan fingerprint density at radius 3 is 2.63 bits per heavy atom. The van der Waals surface area contributed by atoms with Crippen LogP contribution in [-0.2, 0) is 6.54 Å². The second-order valence-corrected chi connectivity index (χ2v) is 7.94. The maximum atomic E-state index is 12.8. The number of amides is 1. The maximum absolute atomic E-state index is 12.8. The maximum Gasteiger partial charge on any atom is 0.256 e. The van der Waals surface area contributed by atoms with Gasteiger partial charge in [-0.1, -0.05) is 48.0 Å². The van der Waals surface area contributed by atoms with E-state index in [1.54, 1.807) is 16.0 Å². The molecule has 2 aromatic heterocycles. The molecular formula is C20H23ClN4OS. The first-order valence-corrected chi connectivity index (χ1v) is 9.98. The number of benzene rings is 1. The molecule has 1 aromatic carbocycles. The normalized spacial score (nSPS) is 12.3. The largest absolute Gasteiger partial charge is 0.350 e. The summed E-state index contributed by atoms with van der Waals surface area (Å²) in [6, 6.07) is 14.1. The number of rotatable bonds is 7. The van der Waals surface area contributed by atoms with Gasteiger partial charge in [-0.25, -0.2) is 4.68 Å². The van der Waals surface area contributed by atoms with Gasteiger partial charge < -0.3 is 10.2 Å². The zero-order chi connectivity index (χ0) is 19.4. The molecule has 1 amide bonds. The highest BCUT2D eigenvalue weighted by atomic mass is 35.5. The number of aryl methyl sites for hydroxylation is 1. The Bertz CT molecular complexity index is 890. The third-order valence-corrected chi connectivity index (χ3v) is 5.78. The van der Waals surface area contributed by atoms with Crippen LogP contribution in [0.3, 0.4) is 0 Å². The van der Waals surface area contributed by atoms with Crippen molar-refractivity contribution in [1.82, 2.24) is 20.0 Å². The molecule has 0 spiro atoms. The molecule has 0 bridgehead atoms. The van der Waals surface area contributed by atoms with Crippen molar-refractivity contribution in [2.24, 2.45) is 0 Å². The minimum Gasteiger partial charge on any atom is -0.350 e. The minimum absolute atomic E-state index is 0.118. The second-order valence-electron chi connectivity index (χ2n) is 6.60. The summed E-state index contributed by atoms with van der Waals surface area (Å²) in [6.45, 7) is 2.85. The van der Waals surface area contributed by atoms with Gasteiger partial charge in [0.2, 0.25) is 0 Å². The van der Waals surface area contributed by atoms with Crippen LogP contribution < -0.4 is 5.32 Å². The fourth-order valence-corrected chi connectivity index (χ4v) is 4.21. The lowest BCUT2D eigenvalue weighted by molar-refractivity contribution is 0.0941. The van der Waals surface area contributed by atoms with Gasteiger partial charge in [-0.2, -0.15) is 5.10 Å². The zero-order valence-corrected chi connectivity index (χ0v) is 17.2. The quantitative estimate of drug-likeness (QED) is 0.650. The highest BCUT2D eigenvalue weighted by Gasteiger charge is 2.22. The first-order chi connectivity index (χ1) is 13.0. The van der Waals surface area contributed by atoms with Gasteiger partial charge in [-0.15, -0.1) is 11.3 Å². The standard InChI is InChI=1S/C20H23ClN4OS/c1-14-18(19(21)25(23-14)13-15-8-5-4-6-9-15)20(26)22-12-16(24(2)3)17-10-7-11-27-17/h4-11,16H,12-13H2,1-3H3,(H,22,26). The van der Waals surface area contributed by atoms with E-state index in [-0.39, 0.29) is 11.9 Å². The molecule has 1 unspecified atom stereocenters. The lowest BCUT2D eigenvalue weighted by Gasteiger charge is -2.23. The highest BCUT2D eigenvalue weighted by Crippen LogP contribution is 2.24. The molecular weight excluding hydrogens is 380 g/mol. The number of aromatic nitrogens is 2. The van der Waals surface area contributed by atoms with Crippen LogP contribution in [0.5, 0.6) is 0 Å². The van der Waals surface area contributed by atoms with Gasteiger partial charge in [0.1, 0.15) is 5.15 Å².